The fraction of sp³-hybridized carbons (Fsp3) is 0.727. The Morgan fingerprint density at radius 3 is 2.67 bits per heavy atom. The summed E-state index contributed by atoms with van der Waals surface area (Å²) >= 11 is 0. The van der Waals surface area contributed by atoms with Crippen LogP contribution in [0.15, 0.2) is 6.07 Å². The van der Waals surface area contributed by atoms with Crippen molar-refractivity contribution >= 4 is 0 Å². The first-order valence-electron chi connectivity index (χ1n) is 5.47. The monoisotopic (exact) mass is 213 g/mol. The molecule has 1 aromatic heterocycles. The van der Waals surface area contributed by atoms with E-state index >= 15 is 0 Å². The molecule has 0 aliphatic carbocycles. The van der Waals surface area contributed by atoms with Crippen molar-refractivity contribution in [2.75, 3.05) is 6.54 Å². The zero-order valence-corrected chi connectivity index (χ0v) is 9.76. The van der Waals surface area contributed by atoms with E-state index in [4.69, 9.17) is 5.73 Å². The summed E-state index contributed by atoms with van der Waals surface area (Å²) in [5.41, 5.74) is 6.03. The summed E-state index contributed by atoms with van der Waals surface area (Å²) < 4.78 is 15.9. The number of rotatable bonds is 5. The van der Waals surface area contributed by atoms with Crippen molar-refractivity contribution in [3.8, 4) is 0 Å². The Morgan fingerprint density at radius 2 is 2.20 bits per heavy atom. The van der Waals surface area contributed by atoms with Crippen LogP contribution in [0.4, 0.5) is 4.39 Å². The number of nitrogens with zero attached hydrogens (tertiary/aromatic N) is 2. The van der Waals surface area contributed by atoms with E-state index in [1.807, 2.05) is 31.5 Å². The quantitative estimate of drug-likeness (QED) is 0.811. The molecule has 1 rings (SSSR count). The highest BCUT2D eigenvalue weighted by Gasteiger charge is 2.27. The molecule has 0 saturated heterocycles. The predicted molar refractivity (Wildman–Crippen MR) is 59.5 cm³/mol. The van der Waals surface area contributed by atoms with Gasteiger partial charge in [0, 0.05) is 25.2 Å². The first-order chi connectivity index (χ1) is 7.04. The van der Waals surface area contributed by atoms with Crippen LogP contribution in [0.5, 0.6) is 0 Å². The number of aromatic nitrogens is 2. The molecule has 0 aliphatic rings. The number of hydrogen-bond donors (Lipinski definition) is 1. The maximum Gasteiger partial charge on any atom is 0.128 e. The third kappa shape index (κ3) is 2.78. The molecule has 0 aromatic carbocycles. The van der Waals surface area contributed by atoms with Gasteiger partial charge in [-0.15, -0.1) is 0 Å². The highest BCUT2D eigenvalue weighted by molar-refractivity contribution is 5.12. The highest BCUT2D eigenvalue weighted by atomic mass is 19.1. The van der Waals surface area contributed by atoms with Gasteiger partial charge in [0.05, 0.1) is 5.69 Å². The minimum absolute atomic E-state index is 0.0669. The van der Waals surface area contributed by atoms with Gasteiger partial charge in [-0.25, -0.2) is 4.39 Å². The standard InChI is InChI=1S/C11H20FN3/c1-4-11(12,8-13)7-10-6-9(3)14-15(10)5-2/h6H,4-5,7-8,13H2,1-3H3. The van der Waals surface area contributed by atoms with Gasteiger partial charge >= 0.3 is 0 Å². The summed E-state index contributed by atoms with van der Waals surface area (Å²) in [6, 6.07) is 1.93. The van der Waals surface area contributed by atoms with Crippen molar-refractivity contribution in [1.82, 2.24) is 9.78 Å². The van der Waals surface area contributed by atoms with Gasteiger partial charge in [-0.3, -0.25) is 4.68 Å². The largest absolute Gasteiger partial charge is 0.328 e. The van der Waals surface area contributed by atoms with E-state index in [-0.39, 0.29) is 6.54 Å². The number of halogens is 1. The minimum Gasteiger partial charge on any atom is -0.328 e. The Morgan fingerprint density at radius 1 is 1.53 bits per heavy atom. The van der Waals surface area contributed by atoms with Gasteiger partial charge in [-0.1, -0.05) is 6.92 Å². The number of nitrogens with two attached hydrogens (primary N) is 1. The first-order valence-corrected chi connectivity index (χ1v) is 5.47. The highest BCUT2D eigenvalue weighted by Crippen LogP contribution is 2.21. The molecule has 3 nitrogen and oxygen atoms in total. The van der Waals surface area contributed by atoms with E-state index in [0.717, 1.165) is 17.9 Å². The molecule has 0 radical (unpaired) electrons. The van der Waals surface area contributed by atoms with Crippen LogP contribution < -0.4 is 5.73 Å². The topological polar surface area (TPSA) is 43.8 Å². The fourth-order valence-corrected chi connectivity index (χ4v) is 1.68. The van der Waals surface area contributed by atoms with E-state index in [0.29, 0.717) is 12.8 Å². The molecule has 0 bridgehead atoms. The van der Waals surface area contributed by atoms with E-state index in [9.17, 15) is 4.39 Å². The average Bonchev–Trinajstić information content (AvgIpc) is 2.58. The molecule has 1 aromatic rings. The molecule has 2 N–H and O–H groups in total. The second-order valence-electron chi connectivity index (χ2n) is 3.98. The van der Waals surface area contributed by atoms with Gasteiger partial charge in [-0.2, -0.15) is 5.10 Å². The molecular formula is C11H20FN3. The van der Waals surface area contributed by atoms with Crippen molar-refractivity contribution in [2.24, 2.45) is 5.73 Å². The van der Waals surface area contributed by atoms with Crippen LogP contribution in [-0.4, -0.2) is 22.0 Å². The maximum absolute atomic E-state index is 14.1. The van der Waals surface area contributed by atoms with Gasteiger partial charge < -0.3 is 5.73 Å². The molecule has 0 saturated carbocycles. The number of alkyl halides is 1. The van der Waals surface area contributed by atoms with Crippen molar-refractivity contribution < 1.29 is 4.39 Å². The summed E-state index contributed by atoms with van der Waals surface area (Å²) in [5.74, 6) is 0. The molecule has 1 heterocycles. The lowest BCUT2D eigenvalue weighted by Gasteiger charge is -2.21. The van der Waals surface area contributed by atoms with E-state index in [2.05, 4.69) is 5.10 Å². The summed E-state index contributed by atoms with van der Waals surface area (Å²) in [4.78, 5) is 0. The van der Waals surface area contributed by atoms with Crippen LogP contribution in [0.3, 0.4) is 0 Å². The third-order valence-electron chi connectivity index (χ3n) is 2.78. The molecule has 0 amide bonds. The summed E-state index contributed by atoms with van der Waals surface area (Å²) in [5, 5.41) is 4.29. The third-order valence-corrected chi connectivity index (χ3v) is 2.78. The maximum atomic E-state index is 14.1. The lowest BCUT2D eigenvalue weighted by Crippen LogP contribution is -2.35. The lowest BCUT2D eigenvalue weighted by molar-refractivity contribution is 0.163. The Balaban J connectivity index is 2.87. The van der Waals surface area contributed by atoms with Crippen LogP contribution in [0.25, 0.3) is 0 Å². The molecule has 15 heavy (non-hydrogen) atoms. The van der Waals surface area contributed by atoms with Crippen LogP contribution in [0.1, 0.15) is 31.7 Å². The Bertz CT molecular complexity index is 316. The van der Waals surface area contributed by atoms with Crippen LogP contribution in [0, 0.1) is 6.92 Å². The van der Waals surface area contributed by atoms with E-state index < -0.39 is 5.67 Å². The smallest absolute Gasteiger partial charge is 0.128 e. The number of hydrogen-bond acceptors (Lipinski definition) is 2. The molecule has 1 unspecified atom stereocenters. The zero-order chi connectivity index (χ0) is 11.5. The Kier molecular flexibility index (Phi) is 3.85. The zero-order valence-electron chi connectivity index (χ0n) is 9.76. The normalized spacial score (nSPS) is 15.3. The predicted octanol–water partition coefficient (Wildman–Crippen LogP) is 1.83. The molecule has 0 aliphatic heterocycles. The van der Waals surface area contributed by atoms with Gasteiger partial charge in [0.25, 0.3) is 0 Å². The molecule has 1 atom stereocenters. The van der Waals surface area contributed by atoms with Crippen molar-refractivity contribution in [1.29, 1.82) is 0 Å². The van der Waals surface area contributed by atoms with Crippen LogP contribution >= 0.6 is 0 Å². The van der Waals surface area contributed by atoms with Crippen LogP contribution in [0.2, 0.25) is 0 Å². The second kappa shape index (κ2) is 4.75. The molecule has 4 heteroatoms. The second-order valence-corrected chi connectivity index (χ2v) is 3.98. The van der Waals surface area contributed by atoms with Crippen molar-refractivity contribution in [3.63, 3.8) is 0 Å². The lowest BCUT2D eigenvalue weighted by atomic mass is 9.96. The van der Waals surface area contributed by atoms with Crippen LogP contribution in [-0.2, 0) is 13.0 Å². The van der Waals surface area contributed by atoms with Crippen molar-refractivity contribution in [3.05, 3.63) is 17.5 Å². The van der Waals surface area contributed by atoms with E-state index in [1.54, 1.807) is 0 Å². The summed E-state index contributed by atoms with van der Waals surface area (Å²) in [7, 11) is 0. The first kappa shape index (κ1) is 12.2. The van der Waals surface area contributed by atoms with Gasteiger partial charge in [-0.05, 0) is 26.3 Å². The van der Waals surface area contributed by atoms with Gasteiger partial charge in [0.2, 0.25) is 0 Å². The fourth-order valence-electron chi connectivity index (χ4n) is 1.68. The molecular weight excluding hydrogens is 193 g/mol. The van der Waals surface area contributed by atoms with E-state index in [1.165, 1.54) is 0 Å². The number of aryl methyl sites for hydroxylation is 2. The molecule has 86 valence electrons. The minimum atomic E-state index is -1.29. The SMILES string of the molecule is CCn1nc(C)cc1CC(F)(CC)CN. The summed E-state index contributed by atoms with van der Waals surface area (Å²) in [6.45, 7) is 6.59. The summed E-state index contributed by atoms with van der Waals surface area (Å²) in [6.07, 6.45) is 0.798. The Hall–Kier alpha value is -0.900. The van der Waals surface area contributed by atoms with Gasteiger partial charge in [0.1, 0.15) is 5.67 Å². The van der Waals surface area contributed by atoms with Gasteiger partial charge in [0.15, 0.2) is 0 Å². The average molecular weight is 213 g/mol. The Labute approximate surface area is 90.5 Å². The molecule has 0 spiro atoms. The molecule has 0 fully saturated rings. The van der Waals surface area contributed by atoms with Crippen molar-refractivity contribution in [2.45, 2.75) is 45.8 Å².